The van der Waals surface area contributed by atoms with Crippen molar-refractivity contribution in [1.82, 2.24) is 9.97 Å². The molecular weight excluding hydrogens is 320 g/mol. The Morgan fingerprint density at radius 3 is 2.94 bits per heavy atom. The van der Waals surface area contributed by atoms with E-state index in [1.165, 1.54) is 12.3 Å². The van der Waals surface area contributed by atoms with E-state index in [9.17, 15) is 10.1 Å². The van der Waals surface area contributed by atoms with Crippen LogP contribution in [0.25, 0.3) is 0 Å². The second-order valence-corrected chi connectivity index (χ2v) is 5.22. The number of nitrogens with one attached hydrogen (secondary N) is 1. The molecule has 0 spiro atoms. The van der Waals surface area contributed by atoms with Crippen LogP contribution in [0.3, 0.4) is 0 Å². The summed E-state index contributed by atoms with van der Waals surface area (Å²) in [5.41, 5.74) is -0.0349. The zero-order valence-electron chi connectivity index (χ0n) is 9.17. The molecule has 0 aromatic carbocycles. The predicted molar refractivity (Wildman–Crippen MR) is 72.9 cm³/mol. The maximum absolute atomic E-state index is 10.6. The fourth-order valence-corrected chi connectivity index (χ4v) is 2.42. The van der Waals surface area contributed by atoms with Crippen LogP contribution in [0.4, 0.5) is 11.5 Å². The van der Waals surface area contributed by atoms with E-state index in [4.69, 9.17) is 0 Å². The molecule has 0 bridgehead atoms. The molecule has 2 heterocycles. The van der Waals surface area contributed by atoms with Gasteiger partial charge < -0.3 is 5.32 Å². The Kier molecular flexibility index (Phi) is 4.21. The molecule has 0 aliphatic heterocycles. The van der Waals surface area contributed by atoms with E-state index >= 15 is 0 Å². The number of hydrogen-bond acceptors (Lipinski definition) is 6. The van der Waals surface area contributed by atoms with Gasteiger partial charge in [-0.3, -0.25) is 10.1 Å². The van der Waals surface area contributed by atoms with Gasteiger partial charge in [0.1, 0.15) is 12.0 Å². The van der Waals surface area contributed by atoms with Crippen molar-refractivity contribution < 1.29 is 4.92 Å². The van der Waals surface area contributed by atoms with Gasteiger partial charge in [-0.15, -0.1) is 11.3 Å². The second-order valence-electron chi connectivity index (χ2n) is 3.38. The van der Waals surface area contributed by atoms with Crippen LogP contribution < -0.4 is 5.32 Å². The van der Waals surface area contributed by atoms with E-state index in [1.807, 2.05) is 5.38 Å². The van der Waals surface area contributed by atoms with Crippen LogP contribution in [-0.4, -0.2) is 21.4 Å². The molecule has 6 nitrogen and oxygen atoms in total. The molecule has 0 aliphatic carbocycles. The summed E-state index contributed by atoms with van der Waals surface area (Å²) in [6.07, 6.45) is 3.79. The van der Waals surface area contributed by atoms with Gasteiger partial charge in [-0.05, 0) is 15.9 Å². The number of pyridine rings is 1. The van der Waals surface area contributed by atoms with Gasteiger partial charge in [-0.2, -0.15) is 0 Å². The smallest absolute Gasteiger partial charge is 0.288 e. The Bertz CT molecular complexity index is 547. The summed E-state index contributed by atoms with van der Waals surface area (Å²) in [5.74, 6) is 0.595. The molecule has 0 amide bonds. The monoisotopic (exact) mass is 328 g/mol. The Morgan fingerprint density at radius 1 is 1.50 bits per heavy atom. The number of aromatic nitrogens is 2. The third-order valence-electron chi connectivity index (χ3n) is 2.15. The lowest BCUT2D eigenvalue weighted by atomic mass is 10.4. The molecule has 0 fully saturated rings. The number of nitrogens with zero attached hydrogens (tertiary/aromatic N) is 3. The van der Waals surface area contributed by atoms with Crippen molar-refractivity contribution in [3.05, 3.63) is 43.4 Å². The molecule has 0 radical (unpaired) electrons. The van der Waals surface area contributed by atoms with Gasteiger partial charge in [0.05, 0.1) is 14.4 Å². The summed E-state index contributed by atoms with van der Waals surface area (Å²) in [6.45, 7) is 0.678. The lowest BCUT2D eigenvalue weighted by Gasteiger charge is -2.05. The van der Waals surface area contributed by atoms with E-state index in [-0.39, 0.29) is 5.69 Å². The van der Waals surface area contributed by atoms with E-state index in [0.717, 1.165) is 11.4 Å². The average Bonchev–Trinajstić information content (AvgIpc) is 2.84. The average molecular weight is 329 g/mol. The number of thiazole rings is 1. The summed E-state index contributed by atoms with van der Waals surface area (Å²) in [4.78, 5) is 18.2. The summed E-state index contributed by atoms with van der Waals surface area (Å²) in [5, 5.41) is 16.6. The number of halogens is 1. The Morgan fingerprint density at radius 2 is 2.33 bits per heavy atom. The number of rotatable bonds is 5. The van der Waals surface area contributed by atoms with Crippen LogP contribution in [0.2, 0.25) is 0 Å². The van der Waals surface area contributed by atoms with Crippen molar-refractivity contribution in [1.29, 1.82) is 0 Å². The van der Waals surface area contributed by atoms with Crippen molar-refractivity contribution in [2.75, 3.05) is 11.9 Å². The number of nitro groups is 1. The Labute approximate surface area is 115 Å². The van der Waals surface area contributed by atoms with Crippen LogP contribution in [0, 0.1) is 10.1 Å². The minimum atomic E-state index is -0.475. The first-order chi connectivity index (χ1) is 8.66. The highest BCUT2D eigenvalue weighted by atomic mass is 79.9. The molecule has 1 N–H and O–H groups in total. The molecule has 0 atom stereocenters. The van der Waals surface area contributed by atoms with E-state index in [2.05, 4.69) is 31.2 Å². The van der Waals surface area contributed by atoms with Gasteiger partial charge in [0.2, 0.25) is 0 Å². The SMILES string of the molecule is O=[N+]([O-])c1cnc(NCCc2nccs2)c(Br)c1. The first-order valence-electron chi connectivity index (χ1n) is 5.09. The maximum Gasteiger partial charge on any atom is 0.288 e. The molecule has 2 rings (SSSR count). The lowest BCUT2D eigenvalue weighted by Crippen LogP contribution is -2.07. The summed E-state index contributed by atoms with van der Waals surface area (Å²) >= 11 is 4.85. The van der Waals surface area contributed by atoms with Crippen LogP contribution in [-0.2, 0) is 6.42 Å². The molecule has 8 heteroatoms. The normalized spacial score (nSPS) is 10.3. The molecular formula is C10H9BrN4O2S. The van der Waals surface area contributed by atoms with Gasteiger partial charge >= 0.3 is 0 Å². The molecule has 2 aromatic heterocycles. The van der Waals surface area contributed by atoms with Gasteiger partial charge in [-0.1, -0.05) is 0 Å². The summed E-state index contributed by atoms with van der Waals surface area (Å²) < 4.78 is 0.579. The van der Waals surface area contributed by atoms with Gasteiger partial charge in [0.15, 0.2) is 0 Å². The fraction of sp³-hybridized carbons (Fsp3) is 0.200. The minimum Gasteiger partial charge on any atom is -0.369 e. The van der Waals surface area contributed by atoms with Crippen molar-refractivity contribution in [3.63, 3.8) is 0 Å². The topological polar surface area (TPSA) is 81.0 Å². The highest BCUT2D eigenvalue weighted by molar-refractivity contribution is 9.10. The van der Waals surface area contributed by atoms with Crippen molar-refractivity contribution in [2.24, 2.45) is 0 Å². The zero-order valence-corrected chi connectivity index (χ0v) is 11.6. The predicted octanol–water partition coefficient (Wildman–Crippen LogP) is 2.86. The third-order valence-corrected chi connectivity index (χ3v) is 3.60. The van der Waals surface area contributed by atoms with Crippen LogP contribution in [0.15, 0.2) is 28.3 Å². The molecule has 2 aromatic rings. The quantitative estimate of drug-likeness (QED) is 0.674. The minimum absolute atomic E-state index is 0.0349. The van der Waals surface area contributed by atoms with Crippen molar-refractivity contribution >= 4 is 38.8 Å². The lowest BCUT2D eigenvalue weighted by molar-refractivity contribution is -0.385. The third kappa shape index (κ3) is 3.23. The van der Waals surface area contributed by atoms with Gasteiger partial charge in [0.25, 0.3) is 5.69 Å². The molecule has 0 saturated carbocycles. The van der Waals surface area contributed by atoms with Crippen LogP contribution >= 0.6 is 27.3 Å². The second kappa shape index (κ2) is 5.87. The highest BCUT2D eigenvalue weighted by Gasteiger charge is 2.10. The number of anilines is 1. The first-order valence-corrected chi connectivity index (χ1v) is 6.76. The summed E-state index contributed by atoms with van der Waals surface area (Å²) in [6, 6.07) is 1.43. The highest BCUT2D eigenvalue weighted by Crippen LogP contribution is 2.24. The molecule has 94 valence electrons. The van der Waals surface area contributed by atoms with Crippen molar-refractivity contribution in [3.8, 4) is 0 Å². The van der Waals surface area contributed by atoms with E-state index in [0.29, 0.717) is 16.8 Å². The van der Waals surface area contributed by atoms with Crippen LogP contribution in [0.1, 0.15) is 5.01 Å². The first kappa shape index (κ1) is 12.9. The van der Waals surface area contributed by atoms with Gasteiger partial charge in [-0.25, -0.2) is 9.97 Å². The molecule has 0 aliphatic rings. The van der Waals surface area contributed by atoms with E-state index < -0.39 is 4.92 Å². The van der Waals surface area contributed by atoms with E-state index in [1.54, 1.807) is 17.5 Å². The zero-order chi connectivity index (χ0) is 13.0. The fourth-order valence-electron chi connectivity index (χ4n) is 1.32. The number of hydrogen-bond donors (Lipinski definition) is 1. The Hall–Kier alpha value is -1.54. The van der Waals surface area contributed by atoms with Crippen molar-refractivity contribution in [2.45, 2.75) is 6.42 Å². The molecule has 0 unspecified atom stereocenters. The van der Waals surface area contributed by atoms with Gasteiger partial charge in [0, 0.05) is 30.6 Å². The van der Waals surface area contributed by atoms with Crippen LogP contribution in [0.5, 0.6) is 0 Å². The Balaban J connectivity index is 1.95. The summed E-state index contributed by atoms with van der Waals surface area (Å²) in [7, 11) is 0. The standard InChI is InChI=1S/C10H9BrN4O2S/c11-8-5-7(15(16)17)6-14-10(8)13-2-1-9-12-3-4-18-9/h3-6H,1-2H2,(H,13,14). The maximum atomic E-state index is 10.6. The molecule has 18 heavy (non-hydrogen) atoms. The largest absolute Gasteiger partial charge is 0.369 e. The molecule has 0 saturated heterocycles.